The Labute approximate surface area is 180 Å². The summed E-state index contributed by atoms with van der Waals surface area (Å²) in [5.41, 5.74) is -0.671. The molecule has 1 N–H and O–H groups in total. The number of ether oxygens (including phenoxy) is 1. The Morgan fingerprint density at radius 2 is 1.94 bits per heavy atom. The summed E-state index contributed by atoms with van der Waals surface area (Å²) in [5, 5.41) is 10.8. The molecule has 0 bridgehead atoms. The van der Waals surface area contributed by atoms with Gasteiger partial charge in [0.15, 0.2) is 0 Å². The quantitative estimate of drug-likeness (QED) is 0.785. The van der Waals surface area contributed by atoms with Crippen molar-refractivity contribution in [2.75, 3.05) is 37.6 Å². The van der Waals surface area contributed by atoms with Crippen molar-refractivity contribution in [3.8, 4) is 0 Å². The Morgan fingerprint density at radius 1 is 1.16 bits per heavy atom. The number of rotatable bonds is 4. The predicted molar refractivity (Wildman–Crippen MR) is 114 cm³/mol. The summed E-state index contributed by atoms with van der Waals surface area (Å²) in [6.45, 7) is 9.39. The van der Waals surface area contributed by atoms with Gasteiger partial charge in [0.1, 0.15) is 0 Å². The second kappa shape index (κ2) is 8.22. The fourth-order valence-corrected chi connectivity index (χ4v) is 4.87. The molecule has 0 saturated carbocycles. The number of morpholine rings is 1. The first kappa shape index (κ1) is 22.3. The largest absolute Gasteiger partial charge is 0.418 e. The molecule has 2 aliphatic heterocycles. The number of aliphatic hydroxyl groups is 1. The summed E-state index contributed by atoms with van der Waals surface area (Å²) in [4.78, 5) is 8.48. The SMILES string of the molecule is CC1CN(c2ccc(C(F)(F)F)c3ncccc23)C[C@H](CN2CCC(C(C)(C)O)C2)O1. The van der Waals surface area contributed by atoms with E-state index in [0.29, 0.717) is 18.5 Å². The number of nitrogens with zero attached hydrogens (tertiary/aromatic N) is 3. The van der Waals surface area contributed by atoms with Crippen molar-refractivity contribution >= 4 is 16.6 Å². The molecule has 2 fully saturated rings. The second-order valence-electron chi connectivity index (χ2n) is 9.40. The highest BCUT2D eigenvalue weighted by Gasteiger charge is 2.37. The molecule has 8 heteroatoms. The van der Waals surface area contributed by atoms with Crippen LogP contribution in [0.3, 0.4) is 0 Å². The number of benzene rings is 1. The summed E-state index contributed by atoms with van der Waals surface area (Å²) in [6, 6.07) is 6.07. The van der Waals surface area contributed by atoms with Crippen LogP contribution in [0.2, 0.25) is 0 Å². The van der Waals surface area contributed by atoms with Crippen molar-refractivity contribution in [2.45, 2.75) is 51.2 Å². The van der Waals surface area contributed by atoms with Crippen molar-refractivity contribution in [2.24, 2.45) is 5.92 Å². The van der Waals surface area contributed by atoms with E-state index < -0.39 is 17.3 Å². The molecular weight excluding hydrogens is 407 g/mol. The van der Waals surface area contributed by atoms with E-state index in [1.54, 1.807) is 18.2 Å². The molecule has 3 heterocycles. The van der Waals surface area contributed by atoms with Crippen molar-refractivity contribution in [1.29, 1.82) is 0 Å². The van der Waals surface area contributed by atoms with Crippen molar-refractivity contribution in [3.05, 3.63) is 36.0 Å². The van der Waals surface area contributed by atoms with Gasteiger partial charge in [0.2, 0.25) is 0 Å². The van der Waals surface area contributed by atoms with Crippen LogP contribution in [0.25, 0.3) is 10.9 Å². The van der Waals surface area contributed by atoms with E-state index in [-0.39, 0.29) is 23.6 Å². The fourth-order valence-electron chi connectivity index (χ4n) is 4.87. The first-order valence-electron chi connectivity index (χ1n) is 10.8. The van der Waals surface area contributed by atoms with Crippen LogP contribution in [0.15, 0.2) is 30.5 Å². The van der Waals surface area contributed by atoms with Crippen LogP contribution in [0.4, 0.5) is 18.9 Å². The summed E-state index contributed by atoms with van der Waals surface area (Å²) in [7, 11) is 0. The van der Waals surface area contributed by atoms with Crippen LogP contribution in [0, 0.1) is 5.92 Å². The van der Waals surface area contributed by atoms with E-state index in [4.69, 9.17) is 4.74 Å². The predicted octanol–water partition coefficient (Wildman–Crippen LogP) is 3.94. The van der Waals surface area contributed by atoms with E-state index in [0.717, 1.165) is 37.8 Å². The Balaban J connectivity index is 1.55. The molecule has 170 valence electrons. The van der Waals surface area contributed by atoms with Gasteiger partial charge in [0.05, 0.1) is 28.9 Å². The average Bonchev–Trinajstić information content (AvgIpc) is 3.15. The van der Waals surface area contributed by atoms with Gasteiger partial charge in [-0.05, 0) is 58.0 Å². The molecule has 3 atom stereocenters. The molecule has 2 saturated heterocycles. The Hall–Kier alpha value is -1.90. The van der Waals surface area contributed by atoms with Gasteiger partial charge in [-0.3, -0.25) is 4.98 Å². The molecular formula is C23H30F3N3O2. The van der Waals surface area contributed by atoms with Gasteiger partial charge in [-0.1, -0.05) is 0 Å². The number of halogens is 3. The molecule has 5 nitrogen and oxygen atoms in total. The van der Waals surface area contributed by atoms with Crippen LogP contribution >= 0.6 is 0 Å². The van der Waals surface area contributed by atoms with Gasteiger partial charge in [-0.2, -0.15) is 13.2 Å². The van der Waals surface area contributed by atoms with Crippen molar-refractivity contribution in [3.63, 3.8) is 0 Å². The van der Waals surface area contributed by atoms with E-state index in [2.05, 4.69) is 14.8 Å². The first-order valence-corrected chi connectivity index (χ1v) is 10.8. The van der Waals surface area contributed by atoms with Gasteiger partial charge in [0, 0.05) is 49.4 Å². The third-order valence-corrected chi connectivity index (χ3v) is 6.45. The number of fused-ring (bicyclic) bond motifs is 1. The lowest BCUT2D eigenvalue weighted by molar-refractivity contribution is -0.136. The topological polar surface area (TPSA) is 48.8 Å². The third kappa shape index (κ3) is 4.81. The van der Waals surface area contributed by atoms with E-state index in [1.165, 1.54) is 6.20 Å². The summed E-state index contributed by atoms with van der Waals surface area (Å²) >= 11 is 0. The number of pyridine rings is 1. The fraction of sp³-hybridized carbons (Fsp3) is 0.609. The molecule has 2 unspecified atom stereocenters. The molecule has 0 aliphatic carbocycles. The smallest absolute Gasteiger partial charge is 0.390 e. The normalized spacial score (nSPS) is 26.0. The van der Waals surface area contributed by atoms with Gasteiger partial charge >= 0.3 is 6.18 Å². The Kier molecular flexibility index (Phi) is 5.91. The number of likely N-dealkylation sites (tertiary alicyclic amines) is 1. The van der Waals surface area contributed by atoms with Gasteiger partial charge in [-0.25, -0.2) is 0 Å². The van der Waals surface area contributed by atoms with E-state index >= 15 is 0 Å². The average molecular weight is 438 g/mol. The second-order valence-corrected chi connectivity index (χ2v) is 9.40. The first-order chi connectivity index (χ1) is 14.5. The highest BCUT2D eigenvalue weighted by atomic mass is 19.4. The van der Waals surface area contributed by atoms with Crippen molar-refractivity contribution in [1.82, 2.24) is 9.88 Å². The number of hydrogen-bond donors (Lipinski definition) is 1. The standard InChI is InChI=1S/C23H30F3N3O2/c1-15-11-29(14-17(31-15)13-28-10-8-16(12-28)22(2,3)30)20-7-6-19(23(24,25)26)21-18(20)5-4-9-27-21/h4-7,9,15-17,30H,8,10-14H2,1-3H3/t15?,16?,17-/m0/s1. The molecule has 2 aromatic rings. The van der Waals surface area contributed by atoms with Gasteiger partial charge < -0.3 is 19.6 Å². The van der Waals surface area contributed by atoms with Gasteiger partial charge in [-0.15, -0.1) is 0 Å². The third-order valence-electron chi connectivity index (χ3n) is 6.45. The number of alkyl halides is 3. The number of anilines is 1. The molecule has 2 aliphatic rings. The van der Waals surface area contributed by atoms with Crippen LogP contribution in [-0.2, 0) is 10.9 Å². The molecule has 0 amide bonds. The zero-order valence-corrected chi connectivity index (χ0v) is 18.2. The molecule has 1 aromatic heterocycles. The maximum atomic E-state index is 13.5. The highest BCUT2D eigenvalue weighted by molar-refractivity contribution is 5.94. The zero-order valence-electron chi connectivity index (χ0n) is 18.2. The highest BCUT2D eigenvalue weighted by Crippen LogP contribution is 2.38. The number of hydrogen-bond acceptors (Lipinski definition) is 5. The van der Waals surface area contributed by atoms with Crippen LogP contribution in [-0.4, -0.2) is 65.5 Å². The molecule has 0 spiro atoms. The molecule has 4 rings (SSSR count). The summed E-state index contributed by atoms with van der Waals surface area (Å²) in [5.74, 6) is 0.231. The Bertz CT molecular complexity index is 928. The minimum atomic E-state index is -4.45. The number of aromatic nitrogens is 1. The minimum absolute atomic E-state index is 0.0178. The maximum absolute atomic E-state index is 13.5. The molecule has 31 heavy (non-hydrogen) atoms. The van der Waals surface area contributed by atoms with Crippen LogP contribution in [0.5, 0.6) is 0 Å². The maximum Gasteiger partial charge on any atom is 0.418 e. The van der Waals surface area contributed by atoms with Crippen molar-refractivity contribution < 1.29 is 23.0 Å². The summed E-state index contributed by atoms with van der Waals surface area (Å²) < 4.78 is 46.6. The van der Waals surface area contributed by atoms with Gasteiger partial charge in [0.25, 0.3) is 0 Å². The summed E-state index contributed by atoms with van der Waals surface area (Å²) in [6.07, 6.45) is -2.19. The lowest BCUT2D eigenvalue weighted by Gasteiger charge is -2.40. The monoisotopic (exact) mass is 437 g/mol. The molecule has 1 aromatic carbocycles. The Morgan fingerprint density at radius 3 is 2.61 bits per heavy atom. The zero-order chi connectivity index (χ0) is 22.4. The lowest BCUT2D eigenvalue weighted by atomic mass is 9.90. The lowest BCUT2D eigenvalue weighted by Crippen LogP contribution is -2.50. The van der Waals surface area contributed by atoms with Crippen LogP contribution in [0.1, 0.15) is 32.8 Å². The van der Waals surface area contributed by atoms with Crippen LogP contribution < -0.4 is 4.90 Å². The van der Waals surface area contributed by atoms with E-state index in [1.807, 2.05) is 20.8 Å². The van der Waals surface area contributed by atoms with E-state index in [9.17, 15) is 18.3 Å². The minimum Gasteiger partial charge on any atom is -0.390 e. The molecule has 0 radical (unpaired) electrons.